The molecule has 0 aliphatic carbocycles. The van der Waals surface area contributed by atoms with Crippen LogP contribution in [-0.4, -0.2) is 0 Å². The molecule has 3 heteroatoms. The minimum absolute atomic E-state index is 0.866. The molecule has 0 saturated heterocycles. The Morgan fingerprint density at radius 2 is 0.953 bits per heavy atom. The predicted octanol–water partition coefficient (Wildman–Crippen LogP) is 11.8. The highest BCUT2D eigenvalue weighted by atomic mass is 16.3. The number of anilines is 3. The molecule has 7 aromatic carbocycles. The maximum atomic E-state index is 6.36. The van der Waals surface area contributed by atoms with Crippen LogP contribution in [0.2, 0.25) is 0 Å². The van der Waals surface area contributed by atoms with Gasteiger partial charge < -0.3 is 13.7 Å². The number of nitrogens with zero attached hydrogens (tertiary/aromatic N) is 1. The van der Waals surface area contributed by atoms with Crippen LogP contribution in [0.4, 0.5) is 17.1 Å². The Bertz CT molecular complexity index is 2480. The minimum atomic E-state index is 0.866. The van der Waals surface area contributed by atoms with Crippen molar-refractivity contribution in [3.8, 4) is 11.1 Å². The van der Waals surface area contributed by atoms with Gasteiger partial charge in [0.15, 0.2) is 0 Å². The summed E-state index contributed by atoms with van der Waals surface area (Å²) in [6, 6.07) is 53.1. The SMILES string of the molecule is c1ccc(N(c2cccc3ccccc23)c2cccc3oc4ccccc4c23)c(-c2ccc3c(c2)oc2ccccc23)c1. The Morgan fingerprint density at radius 3 is 1.86 bits per heavy atom. The van der Waals surface area contributed by atoms with E-state index < -0.39 is 0 Å². The van der Waals surface area contributed by atoms with Crippen molar-refractivity contribution in [2.24, 2.45) is 0 Å². The Morgan fingerprint density at radius 1 is 0.372 bits per heavy atom. The van der Waals surface area contributed by atoms with E-state index in [1.807, 2.05) is 24.3 Å². The number of hydrogen-bond acceptors (Lipinski definition) is 3. The molecule has 0 bridgehead atoms. The van der Waals surface area contributed by atoms with Crippen molar-refractivity contribution in [2.75, 3.05) is 4.90 Å². The van der Waals surface area contributed by atoms with Crippen LogP contribution >= 0.6 is 0 Å². The van der Waals surface area contributed by atoms with E-state index in [0.29, 0.717) is 0 Å². The van der Waals surface area contributed by atoms with Crippen molar-refractivity contribution in [2.45, 2.75) is 0 Å². The van der Waals surface area contributed by atoms with Gasteiger partial charge in [-0.3, -0.25) is 0 Å². The van der Waals surface area contributed by atoms with Crippen LogP contribution in [-0.2, 0) is 0 Å². The summed E-state index contributed by atoms with van der Waals surface area (Å²) in [6.07, 6.45) is 0. The zero-order valence-electron chi connectivity index (χ0n) is 23.2. The largest absolute Gasteiger partial charge is 0.456 e. The van der Waals surface area contributed by atoms with Gasteiger partial charge in [0.2, 0.25) is 0 Å². The third-order valence-electron chi connectivity index (χ3n) is 8.46. The van der Waals surface area contributed by atoms with Gasteiger partial charge in [0.05, 0.1) is 22.4 Å². The molecule has 0 amide bonds. The third-order valence-corrected chi connectivity index (χ3v) is 8.46. The monoisotopic (exact) mass is 551 g/mol. The van der Waals surface area contributed by atoms with E-state index in [4.69, 9.17) is 8.83 Å². The van der Waals surface area contributed by atoms with E-state index in [0.717, 1.165) is 72.1 Å². The zero-order valence-corrected chi connectivity index (χ0v) is 23.2. The first-order valence-corrected chi connectivity index (χ1v) is 14.5. The van der Waals surface area contributed by atoms with Crippen LogP contribution in [0.15, 0.2) is 160 Å². The highest BCUT2D eigenvalue weighted by Gasteiger charge is 2.23. The standard InChI is InChI=1S/C40H25NO2/c1-2-13-28-26(11-1)12-9-18-34(28)41(35-19-10-22-38-40(35)32-16-5-8-21-37(32)42-38)33-17-6-3-14-29(33)27-23-24-31-30-15-4-7-20-36(30)43-39(31)25-27/h1-25H. The second-order valence-corrected chi connectivity index (χ2v) is 10.9. The van der Waals surface area contributed by atoms with Crippen molar-refractivity contribution < 1.29 is 8.83 Å². The highest BCUT2D eigenvalue weighted by Crippen LogP contribution is 2.47. The van der Waals surface area contributed by atoms with Crippen LogP contribution in [0.3, 0.4) is 0 Å². The van der Waals surface area contributed by atoms with E-state index in [2.05, 4.69) is 132 Å². The summed E-state index contributed by atoms with van der Waals surface area (Å²) in [5, 5.41) is 6.81. The molecule has 2 heterocycles. The predicted molar refractivity (Wildman–Crippen MR) is 179 cm³/mol. The van der Waals surface area contributed by atoms with Gasteiger partial charge in [0, 0.05) is 27.1 Å². The molecule has 9 rings (SSSR count). The Hall–Kier alpha value is -5.80. The van der Waals surface area contributed by atoms with Crippen molar-refractivity contribution in [3.63, 3.8) is 0 Å². The smallest absolute Gasteiger partial charge is 0.137 e. The fourth-order valence-corrected chi connectivity index (χ4v) is 6.54. The molecule has 0 fully saturated rings. The Labute approximate surface area is 247 Å². The van der Waals surface area contributed by atoms with Gasteiger partial charge in [0.25, 0.3) is 0 Å². The lowest BCUT2D eigenvalue weighted by atomic mass is 9.98. The van der Waals surface area contributed by atoms with Crippen LogP contribution in [0, 0.1) is 0 Å². The summed E-state index contributed by atoms with van der Waals surface area (Å²) < 4.78 is 12.7. The maximum Gasteiger partial charge on any atom is 0.137 e. The lowest BCUT2D eigenvalue weighted by Crippen LogP contribution is -2.12. The molecule has 9 aromatic rings. The second kappa shape index (κ2) is 9.37. The third kappa shape index (κ3) is 3.68. The van der Waals surface area contributed by atoms with E-state index in [-0.39, 0.29) is 0 Å². The summed E-state index contributed by atoms with van der Waals surface area (Å²) in [6.45, 7) is 0. The molecule has 0 atom stereocenters. The molecule has 202 valence electrons. The number of benzene rings is 7. The molecule has 0 unspecified atom stereocenters. The Kier molecular flexibility index (Phi) is 5.20. The summed E-state index contributed by atoms with van der Waals surface area (Å²) in [4.78, 5) is 2.39. The van der Waals surface area contributed by atoms with Crippen molar-refractivity contribution >= 4 is 71.7 Å². The first kappa shape index (κ1) is 23.9. The molecule has 0 radical (unpaired) electrons. The molecule has 0 saturated carbocycles. The summed E-state index contributed by atoms with van der Waals surface area (Å²) in [7, 11) is 0. The van der Waals surface area contributed by atoms with Crippen molar-refractivity contribution in [1.82, 2.24) is 0 Å². The lowest BCUT2D eigenvalue weighted by molar-refractivity contribution is 0.668. The lowest BCUT2D eigenvalue weighted by Gasteiger charge is -2.29. The molecular formula is C40H25NO2. The number of rotatable bonds is 4. The quantitative estimate of drug-likeness (QED) is 0.218. The molecule has 0 aliphatic heterocycles. The van der Waals surface area contributed by atoms with Gasteiger partial charge in [-0.25, -0.2) is 0 Å². The number of furan rings is 2. The minimum Gasteiger partial charge on any atom is -0.456 e. The van der Waals surface area contributed by atoms with Gasteiger partial charge in [0.1, 0.15) is 22.3 Å². The number of para-hydroxylation sites is 3. The Balaban J connectivity index is 1.35. The summed E-state index contributed by atoms with van der Waals surface area (Å²) in [5.41, 5.74) is 8.99. The van der Waals surface area contributed by atoms with Crippen LogP contribution in [0.5, 0.6) is 0 Å². The molecule has 43 heavy (non-hydrogen) atoms. The molecule has 0 spiro atoms. The van der Waals surface area contributed by atoms with E-state index in [9.17, 15) is 0 Å². The molecule has 2 aromatic heterocycles. The topological polar surface area (TPSA) is 29.5 Å². The van der Waals surface area contributed by atoms with Gasteiger partial charge in [-0.2, -0.15) is 0 Å². The first-order chi connectivity index (χ1) is 21.3. The summed E-state index contributed by atoms with van der Waals surface area (Å²) in [5.74, 6) is 0. The number of fused-ring (bicyclic) bond motifs is 7. The summed E-state index contributed by atoms with van der Waals surface area (Å²) >= 11 is 0. The maximum absolute atomic E-state index is 6.36. The van der Waals surface area contributed by atoms with Crippen LogP contribution in [0.1, 0.15) is 0 Å². The van der Waals surface area contributed by atoms with Gasteiger partial charge >= 0.3 is 0 Å². The van der Waals surface area contributed by atoms with E-state index in [1.165, 1.54) is 10.8 Å². The average molecular weight is 552 g/mol. The highest BCUT2D eigenvalue weighted by molar-refractivity contribution is 6.15. The average Bonchev–Trinajstić information content (AvgIpc) is 3.64. The fraction of sp³-hybridized carbons (Fsp3) is 0. The van der Waals surface area contributed by atoms with E-state index >= 15 is 0 Å². The normalized spacial score (nSPS) is 11.7. The molecule has 3 nitrogen and oxygen atoms in total. The van der Waals surface area contributed by atoms with Crippen molar-refractivity contribution in [3.05, 3.63) is 152 Å². The second-order valence-electron chi connectivity index (χ2n) is 10.9. The zero-order chi connectivity index (χ0) is 28.3. The molecule has 0 aliphatic rings. The fourth-order valence-electron chi connectivity index (χ4n) is 6.54. The van der Waals surface area contributed by atoms with Crippen LogP contribution in [0.25, 0.3) is 65.8 Å². The van der Waals surface area contributed by atoms with Gasteiger partial charge in [-0.1, -0.05) is 103 Å². The van der Waals surface area contributed by atoms with Gasteiger partial charge in [-0.05, 0) is 59.5 Å². The van der Waals surface area contributed by atoms with Crippen LogP contribution < -0.4 is 4.90 Å². The van der Waals surface area contributed by atoms with Gasteiger partial charge in [-0.15, -0.1) is 0 Å². The van der Waals surface area contributed by atoms with E-state index in [1.54, 1.807) is 0 Å². The molecular weight excluding hydrogens is 526 g/mol. The first-order valence-electron chi connectivity index (χ1n) is 14.5. The number of hydrogen-bond donors (Lipinski definition) is 0. The molecule has 0 N–H and O–H groups in total. The van der Waals surface area contributed by atoms with Crippen molar-refractivity contribution in [1.29, 1.82) is 0 Å².